The topological polar surface area (TPSA) is 52.5 Å². The van der Waals surface area contributed by atoms with Crippen LogP contribution in [-0.2, 0) is 13.6 Å². The fraction of sp³-hybridized carbons (Fsp3) is 0.267. The fourth-order valence-electron chi connectivity index (χ4n) is 2.00. The summed E-state index contributed by atoms with van der Waals surface area (Å²) in [7, 11) is 4.92. The maximum atomic E-state index is 12.2. The number of nitrogens with one attached hydrogen (secondary N) is 1. The van der Waals surface area contributed by atoms with E-state index in [4.69, 9.17) is 21.1 Å². The first-order valence-electron chi connectivity index (χ1n) is 6.36. The molecule has 5 nitrogen and oxygen atoms in total. The average molecular weight is 309 g/mol. The molecule has 2 rings (SSSR count). The molecule has 1 amide bonds. The van der Waals surface area contributed by atoms with E-state index in [1.807, 2.05) is 29.9 Å². The molecule has 0 aliphatic carbocycles. The number of nitrogens with zero attached hydrogens (tertiary/aromatic N) is 1. The van der Waals surface area contributed by atoms with Crippen LogP contribution in [-0.4, -0.2) is 24.7 Å². The Morgan fingerprint density at radius 1 is 1.33 bits per heavy atom. The Labute approximate surface area is 128 Å². The highest BCUT2D eigenvalue weighted by Gasteiger charge is 2.15. The Hall–Kier alpha value is -2.14. The number of aromatic nitrogens is 1. The van der Waals surface area contributed by atoms with Gasteiger partial charge >= 0.3 is 0 Å². The summed E-state index contributed by atoms with van der Waals surface area (Å²) in [6, 6.07) is 7.03. The van der Waals surface area contributed by atoms with Crippen molar-refractivity contribution in [2.75, 3.05) is 14.2 Å². The van der Waals surface area contributed by atoms with Crippen molar-refractivity contribution >= 4 is 17.5 Å². The third-order valence-electron chi connectivity index (χ3n) is 3.18. The molecule has 1 aromatic carbocycles. The molecule has 21 heavy (non-hydrogen) atoms. The number of carbonyl (C=O) groups excluding carboxylic acids is 1. The molecule has 1 heterocycles. The van der Waals surface area contributed by atoms with Crippen molar-refractivity contribution in [1.82, 2.24) is 9.88 Å². The second kappa shape index (κ2) is 6.54. The van der Waals surface area contributed by atoms with Gasteiger partial charge in [0.2, 0.25) is 0 Å². The molecule has 0 fully saturated rings. The van der Waals surface area contributed by atoms with Crippen molar-refractivity contribution in [3.63, 3.8) is 0 Å². The molecule has 1 N–H and O–H groups in total. The zero-order valence-corrected chi connectivity index (χ0v) is 12.9. The summed E-state index contributed by atoms with van der Waals surface area (Å²) in [4.78, 5) is 12.2. The Bertz CT molecular complexity index is 652. The number of amides is 1. The fourth-order valence-corrected chi connectivity index (χ4v) is 2.29. The third-order valence-corrected chi connectivity index (χ3v) is 3.46. The predicted octanol–water partition coefficient (Wildman–Crippen LogP) is 2.63. The van der Waals surface area contributed by atoms with Crippen LogP contribution >= 0.6 is 11.6 Å². The van der Waals surface area contributed by atoms with Crippen LogP contribution in [0.3, 0.4) is 0 Å². The molecule has 0 radical (unpaired) electrons. The monoisotopic (exact) mass is 308 g/mol. The van der Waals surface area contributed by atoms with E-state index in [1.54, 1.807) is 12.1 Å². The van der Waals surface area contributed by atoms with Crippen LogP contribution in [0.1, 0.15) is 16.1 Å². The van der Waals surface area contributed by atoms with Gasteiger partial charge in [-0.25, -0.2) is 0 Å². The van der Waals surface area contributed by atoms with Gasteiger partial charge in [0.05, 0.1) is 25.8 Å². The molecule has 0 saturated carbocycles. The maximum absolute atomic E-state index is 12.2. The van der Waals surface area contributed by atoms with E-state index < -0.39 is 0 Å². The van der Waals surface area contributed by atoms with Crippen LogP contribution in [0, 0.1) is 0 Å². The van der Waals surface area contributed by atoms with Crippen LogP contribution in [0.5, 0.6) is 11.5 Å². The maximum Gasteiger partial charge on any atom is 0.251 e. The first kappa shape index (κ1) is 15.3. The number of rotatable bonds is 5. The summed E-state index contributed by atoms with van der Waals surface area (Å²) in [5.41, 5.74) is 1.43. The predicted molar refractivity (Wildman–Crippen MR) is 81.1 cm³/mol. The Balaban J connectivity index is 2.16. The van der Waals surface area contributed by atoms with E-state index in [0.717, 1.165) is 5.69 Å². The summed E-state index contributed by atoms with van der Waals surface area (Å²) in [5, 5.41) is 3.18. The summed E-state index contributed by atoms with van der Waals surface area (Å²) in [5.74, 6) is 0.617. The molecule has 0 spiro atoms. The van der Waals surface area contributed by atoms with Crippen molar-refractivity contribution < 1.29 is 14.3 Å². The van der Waals surface area contributed by atoms with E-state index in [0.29, 0.717) is 28.6 Å². The molecule has 112 valence electrons. The lowest BCUT2D eigenvalue weighted by Gasteiger charge is -2.12. The van der Waals surface area contributed by atoms with Gasteiger partial charge in [-0.2, -0.15) is 0 Å². The minimum atomic E-state index is -0.223. The van der Waals surface area contributed by atoms with E-state index in [1.165, 1.54) is 14.2 Å². The highest BCUT2D eigenvalue weighted by atomic mass is 35.5. The minimum Gasteiger partial charge on any atom is -0.493 e. The number of hydrogen-bond acceptors (Lipinski definition) is 3. The van der Waals surface area contributed by atoms with Gasteiger partial charge in [-0.3, -0.25) is 4.79 Å². The van der Waals surface area contributed by atoms with Crippen LogP contribution < -0.4 is 14.8 Å². The van der Waals surface area contributed by atoms with E-state index >= 15 is 0 Å². The summed E-state index contributed by atoms with van der Waals surface area (Å²) < 4.78 is 12.3. The van der Waals surface area contributed by atoms with Crippen molar-refractivity contribution in [2.45, 2.75) is 6.54 Å². The van der Waals surface area contributed by atoms with E-state index in [9.17, 15) is 4.79 Å². The average Bonchev–Trinajstić information content (AvgIpc) is 2.89. The highest BCUT2D eigenvalue weighted by Crippen LogP contribution is 2.35. The van der Waals surface area contributed by atoms with Crippen molar-refractivity contribution in [1.29, 1.82) is 0 Å². The lowest BCUT2D eigenvalue weighted by molar-refractivity contribution is 0.0949. The molecule has 6 heteroatoms. The summed E-state index contributed by atoms with van der Waals surface area (Å²) >= 11 is 6.09. The van der Waals surface area contributed by atoms with Crippen LogP contribution in [0.15, 0.2) is 30.5 Å². The summed E-state index contributed by atoms with van der Waals surface area (Å²) in [6.07, 6.45) is 1.93. The van der Waals surface area contributed by atoms with Gasteiger partial charge < -0.3 is 19.4 Å². The smallest absolute Gasteiger partial charge is 0.251 e. The van der Waals surface area contributed by atoms with Gasteiger partial charge in [0.25, 0.3) is 5.91 Å². The molecule has 1 aromatic heterocycles. The van der Waals surface area contributed by atoms with Gasteiger partial charge in [0.1, 0.15) is 0 Å². The van der Waals surface area contributed by atoms with Gasteiger partial charge in [0, 0.05) is 24.5 Å². The van der Waals surface area contributed by atoms with Crippen molar-refractivity contribution in [3.8, 4) is 11.5 Å². The van der Waals surface area contributed by atoms with Gasteiger partial charge in [-0.05, 0) is 24.3 Å². The molecule has 0 saturated heterocycles. The van der Waals surface area contributed by atoms with Crippen LogP contribution in [0.2, 0.25) is 5.02 Å². The molecule has 0 aliphatic rings. The number of benzene rings is 1. The lowest BCUT2D eigenvalue weighted by atomic mass is 10.2. The zero-order valence-electron chi connectivity index (χ0n) is 12.1. The first-order valence-corrected chi connectivity index (χ1v) is 6.74. The standard InChI is InChI=1S/C15H17ClN2O3/c1-18-6-4-5-11(18)9-17-15(19)10-7-12(16)14(21-3)13(8-10)20-2/h4-8H,9H2,1-3H3,(H,17,19). The minimum absolute atomic E-state index is 0.223. The number of halogens is 1. The first-order chi connectivity index (χ1) is 10.1. The molecular formula is C15H17ClN2O3. The van der Waals surface area contributed by atoms with Crippen LogP contribution in [0.4, 0.5) is 0 Å². The third kappa shape index (κ3) is 3.31. The van der Waals surface area contributed by atoms with Gasteiger partial charge in [0.15, 0.2) is 11.5 Å². The van der Waals surface area contributed by atoms with Gasteiger partial charge in [-0.1, -0.05) is 11.6 Å². The molecular weight excluding hydrogens is 292 g/mol. The highest BCUT2D eigenvalue weighted by molar-refractivity contribution is 6.32. The summed E-state index contributed by atoms with van der Waals surface area (Å²) in [6.45, 7) is 0.439. The number of aryl methyl sites for hydroxylation is 1. The van der Waals surface area contributed by atoms with Gasteiger partial charge in [-0.15, -0.1) is 0 Å². The Kier molecular flexibility index (Phi) is 4.75. The largest absolute Gasteiger partial charge is 0.493 e. The molecule has 0 bridgehead atoms. The second-order valence-electron chi connectivity index (χ2n) is 4.49. The molecule has 0 unspecified atom stereocenters. The number of carbonyl (C=O) groups is 1. The number of ether oxygens (including phenoxy) is 2. The second-order valence-corrected chi connectivity index (χ2v) is 4.89. The van der Waals surface area contributed by atoms with Crippen molar-refractivity contribution in [3.05, 3.63) is 46.7 Å². The lowest BCUT2D eigenvalue weighted by Crippen LogP contribution is -2.23. The molecule has 2 aromatic rings. The zero-order chi connectivity index (χ0) is 15.4. The quantitative estimate of drug-likeness (QED) is 0.924. The van der Waals surface area contributed by atoms with E-state index in [-0.39, 0.29) is 5.91 Å². The normalized spacial score (nSPS) is 10.3. The number of methoxy groups -OCH3 is 2. The SMILES string of the molecule is COc1cc(C(=O)NCc2cccn2C)cc(Cl)c1OC. The number of hydrogen-bond donors (Lipinski definition) is 1. The van der Waals surface area contributed by atoms with Crippen molar-refractivity contribution in [2.24, 2.45) is 7.05 Å². The van der Waals surface area contributed by atoms with Crippen LogP contribution in [0.25, 0.3) is 0 Å². The molecule has 0 aliphatic heterocycles. The molecule has 0 atom stereocenters. The Morgan fingerprint density at radius 2 is 2.10 bits per heavy atom. The Morgan fingerprint density at radius 3 is 2.67 bits per heavy atom. The van der Waals surface area contributed by atoms with E-state index in [2.05, 4.69) is 5.32 Å².